The number of ether oxygens (including phenoxy) is 1. The average Bonchev–Trinajstić information content (AvgIpc) is 3.16. The summed E-state index contributed by atoms with van der Waals surface area (Å²) in [5, 5.41) is 16.0. The van der Waals surface area contributed by atoms with Crippen LogP contribution < -0.4 is 4.74 Å². The molecule has 1 saturated carbocycles. The zero-order valence-electron chi connectivity index (χ0n) is 19.2. The number of rotatable bonds is 9. The van der Waals surface area contributed by atoms with E-state index in [9.17, 15) is 9.90 Å². The Hall–Kier alpha value is -2.37. The van der Waals surface area contributed by atoms with Gasteiger partial charge in [-0.3, -0.25) is 4.79 Å². The van der Waals surface area contributed by atoms with Crippen LogP contribution in [0, 0.1) is 11.3 Å². The molecule has 3 aromatic rings. The predicted octanol–water partition coefficient (Wildman–Crippen LogP) is 8.23. The molecule has 2 heterocycles. The van der Waals surface area contributed by atoms with Gasteiger partial charge in [-0.2, -0.15) is 11.3 Å². The first-order valence-corrected chi connectivity index (χ1v) is 13.5. The number of allylic oxidation sites excluding steroid dienone is 2. The third kappa shape index (κ3) is 4.80. The second kappa shape index (κ2) is 9.11. The number of benzene rings is 1. The van der Waals surface area contributed by atoms with E-state index in [2.05, 4.69) is 54.3 Å². The van der Waals surface area contributed by atoms with E-state index in [1.54, 1.807) is 22.7 Å². The largest absolute Gasteiger partial charge is 0.489 e. The average molecular weight is 479 g/mol. The second-order valence-corrected chi connectivity index (χ2v) is 11.6. The summed E-state index contributed by atoms with van der Waals surface area (Å²) in [5.74, 6) is 0.661. The molecule has 5 rings (SSSR count). The van der Waals surface area contributed by atoms with Crippen LogP contribution in [-0.4, -0.2) is 11.1 Å². The first-order valence-electron chi connectivity index (χ1n) is 11.7. The highest BCUT2D eigenvalue weighted by atomic mass is 32.1. The number of carboxylic acids is 1. The monoisotopic (exact) mass is 478 g/mol. The van der Waals surface area contributed by atoms with E-state index in [-0.39, 0.29) is 17.8 Å². The van der Waals surface area contributed by atoms with Crippen molar-refractivity contribution in [1.29, 1.82) is 0 Å². The van der Waals surface area contributed by atoms with Crippen molar-refractivity contribution in [3.05, 3.63) is 69.2 Å². The van der Waals surface area contributed by atoms with Gasteiger partial charge < -0.3 is 9.84 Å². The normalized spacial score (nSPS) is 18.2. The number of aliphatic carboxylic acids is 1. The zero-order valence-corrected chi connectivity index (χ0v) is 20.8. The third-order valence-corrected chi connectivity index (χ3v) is 8.79. The van der Waals surface area contributed by atoms with E-state index in [1.165, 1.54) is 33.6 Å². The molecular formula is C28H30O3S2. The molecule has 1 N–H and O–H groups in total. The van der Waals surface area contributed by atoms with E-state index >= 15 is 0 Å². The lowest BCUT2D eigenvalue weighted by atomic mass is 9.80. The van der Waals surface area contributed by atoms with Crippen LogP contribution in [0.3, 0.4) is 0 Å². The van der Waals surface area contributed by atoms with Gasteiger partial charge in [0.25, 0.3) is 0 Å². The highest BCUT2D eigenvalue weighted by Gasteiger charge is 2.34. The van der Waals surface area contributed by atoms with Gasteiger partial charge in [-0.15, -0.1) is 11.3 Å². The van der Waals surface area contributed by atoms with Gasteiger partial charge in [0.2, 0.25) is 0 Å². The molecule has 1 fully saturated rings. The van der Waals surface area contributed by atoms with Crippen molar-refractivity contribution in [3.8, 4) is 16.2 Å². The first-order chi connectivity index (χ1) is 15.9. The molecule has 33 heavy (non-hydrogen) atoms. The van der Waals surface area contributed by atoms with E-state index in [0.717, 1.165) is 30.6 Å². The minimum atomic E-state index is -0.727. The predicted molar refractivity (Wildman–Crippen MR) is 137 cm³/mol. The molecule has 0 spiro atoms. The summed E-state index contributed by atoms with van der Waals surface area (Å²) in [5.41, 5.74) is 6.55. The Bertz CT molecular complexity index is 1170. The van der Waals surface area contributed by atoms with Crippen molar-refractivity contribution in [2.45, 2.75) is 58.5 Å². The number of thiophene rings is 2. The Labute approximate surface area is 203 Å². The lowest BCUT2D eigenvalue weighted by Crippen LogP contribution is -2.11. The summed E-state index contributed by atoms with van der Waals surface area (Å²) < 4.78 is 6.32. The van der Waals surface area contributed by atoms with Crippen LogP contribution in [0.5, 0.6) is 5.75 Å². The first kappa shape index (κ1) is 22.4. The lowest BCUT2D eigenvalue weighted by Gasteiger charge is -2.24. The van der Waals surface area contributed by atoms with Crippen molar-refractivity contribution in [2.75, 3.05) is 0 Å². The Morgan fingerprint density at radius 3 is 2.76 bits per heavy atom. The van der Waals surface area contributed by atoms with E-state index in [4.69, 9.17) is 4.74 Å². The highest BCUT2D eigenvalue weighted by Crippen LogP contribution is 2.50. The van der Waals surface area contributed by atoms with Crippen molar-refractivity contribution in [1.82, 2.24) is 0 Å². The Kier molecular flexibility index (Phi) is 6.19. The Balaban J connectivity index is 1.41. The Morgan fingerprint density at radius 2 is 2.09 bits per heavy atom. The summed E-state index contributed by atoms with van der Waals surface area (Å²) in [7, 11) is 0. The molecule has 0 amide bonds. The van der Waals surface area contributed by atoms with Crippen molar-refractivity contribution >= 4 is 34.2 Å². The van der Waals surface area contributed by atoms with Crippen LogP contribution in [0.1, 0.15) is 68.6 Å². The lowest BCUT2D eigenvalue weighted by molar-refractivity contribution is -0.137. The molecule has 1 atom stereocenters. The number of carboxylic acid groups (broad SMARTS) is 1. The summed E-state index contributed by atoms with van der Waals surface area (Å²) in [6, 6.07) is 10.3. The minimum absolute atomic E-state index is 0.0809. The van der Waals surface area contributed by atoms with Crippen molar-refractivity contribution in [2.24, 2.45) is 11.3 Å². The standard InChI is InChI=1S/C28H30O3S2/c1-28(2)11-4-7-24(28)26-21(17-33-27(26)20-10-12-32-16-20)15-31-22-6-3-5-19(13-22)23(14-25(29)30)18-8-9-18/h3,5-7,10,12-13,16-18,23H,4,8-9,11,14-15H2,1-2H3,(H,29,30)/t23-/m0/s1. The summed E-state index contributed by atoms with van der Waals surface area (Å²) in [6.07, 6.45) is 7.14. The van der Waals surface area contributed by atoms with Gasteiger partial charge in [0.15, 0.2) is 0 Å². The van der Waals surface area contributed by atoms with E-state index in [0.29, 0.717) is 12.5 Å². The van der Waals surface area contributed by atoms with Crippen LogP contribution in [0.15, 0.2) is 52.5 Å². The van der Waals surface area contributed by atoms with E-state index < -0.39 is 5.97 Å². The van der Waals surface area contributed by atoms with Gasteiger partial charge in [-0.05, 0) is 88.4 Å². The molecule has 0 bridgehead atoms. The maximum Gasteiger partial charge on any atom is 0.303 e. The fourth-order valence-electron chi connectivity index (χ4n) is 5.07. The molecule has 3 nitrogen and oxygen atoms in total. The number of carbonyl (C=O) groups is 1. The van der Waals surface area contributed by atoms with Crippen LogP contribution in [0.4, 0.5) is 0 Å². The van der Waals surface area contributed by atoms with Crippen LogP contribution in [0.2, 0.25) is 0 Å². The fourth-order valence-corrected chi connectivity index (χ4v) is 6.86. The van der Waals surface area contributed by atoms with Gasteiger partial charge in [0.05, 0.1) is 6.42 Å². The molecule has 0 unspecified atom stereocenters. The van der Waals surface area contributed by atoms with Crippen molar-refractivity contribution in [3.63, 3.8) is 0 Å². The number of hydrogen-bond acceptors (Lipinski definition) is 4. The van der Waals surface area contributed by atoms with Crippen molar-refractivity contribution < 1.29 is 14.6 Å². The van der Waals surface area contributed by atoms with Gasteiger partial charge >= 0.3 is 5.97 Å². The van der Waals surface area contributed by atoms with Gasteiger partial charge in [-0.25, -0.2) is 0 Å². The van der Waals surface area contributed by atoms with E-state index in [1.807, 2.05) is 12.1 Å². The molecule has 172 valence electrons. The van der Waals surface area contributed by atoms with Crippen LogP contribution in [0.25, 0.3) is 16.0 Å². The molecule has 2 aliphatic carbocycles. The molecule has 0 saturated heterocycles. The quantitative estimate of drug-likeness (QED) is 0.337. The van der Waals surface area contributed by atoms with Gasteiger partial charge in [0, 0.05) is 21.6 Å². The molecule has 0 radical (unpaired) electrons. The summed E-state index contributed by atoms with van der Waals surface area (Å²) >= 11 is 3.54. The zero-order chi connectivity index (χ0) is 23.0. The summed E-state index contributed by atoms with van der Waals surface area (Å²) in [4.78, 5) is 12.7. The third-order valence-electron chi connectivity index (χ3n) is 7.03. The SMILES string of the molecule is CC1(C)CCC=C1c1c(COc2cccc([C@@H](CC(=O)O)C3CC3)c2)csc1-c1ccsc1. The minimum Gasteiger partial charge on any atom is -0.489 e. The molecule has 2 aliphatic rings. The topological polar surface area (TPSA) is 46.5 Å². The summed E-state index contributed by atoms with van der Waals surface area (Å²) in [6.45, 7) is 5.20. The second-order valence-electron chi connectivity index (χ2n) is 9.92. The molecular weight excluding hydrogens is 448 g/mol. The fraction of sp³-hybridized carbons (Fsp3) is 0.393. The molecule has 1 aromatic carbocycles. The smallest absolute Gasteiger partial charge is 0.303 e. The van der Waals surface area contributed by atoms with Gasteiger partial charge in [0.1, 0.15) is 12.4 Å². The maximum absolute atomic E-state index is 11.4. The van der Waals surface area contributed by atoms with Gasteiger partial charge in [-0.1, -0.05) is 32.1 Å². The van der Waals surface area contributed by atoms with Crippen LogP contribution >= 0.6 is 22.7 Å². The molecule has 0 aliphatic heterocycles. The Morgan fingerprint density at radius 1 is 1.24 bits per heavy atom. The number of hydrogen-bond donors (Lipinski definition) is 1. The maximum atomic E-state index is 11.4. The molecule has 5 heteroatoms. The highest BCUT2D eigenvalue weighted by molar-refractivity contribution is 7.14. The van der Waals surface area contributed by atoms with Crippen LogP contribution in [-0.2, 0) is 11.4 Å². The molecule has 2 aromatic heterocycles.